The molecule has 38 heavy (non-hydrogen) atoms. The topological polar surface area (TPSA) is 77.5 Å². The molecule has 6 heteroatoms. The largest absolute Gasteiger partial charge is 0.465 e. The second kappa shape index (κ2) is 11.4. The molecule has 6 nitrogen and oxygen atoms in total. The van der Waals surface area contributed by atoms with Gasteiger partial charge >= 0.3 is 5.97 Å². The van der Waals surface area contributed by atoms with Crippen molar-refractivity contribution in [3.05, 3.63) is 126 Å². The van der Waals surface area contributed by atoms with Crippen LogP contribution in [0.3, 0.4) is 0 Å². The number of ether oxygens (including phenoxy) is 2. The number of fused-ring (bicyclic) bond motifs is 1. The maximum absolute atomic E-state index is 12.7. The number of amides is 1. The molecule has 0 bridgehead atoms. The summed E-state index contributed by atoms with van der Waals surface area (Å²) >= 11 is 0. The first kappa shape index (κ1) is 24.7. The summed E-state index contributed by atoms with van der Waals surface area (Å²) in [6.45, 7) is 0.374. The molecule has 1 aromatic heterocycles. The van der Waals surface area contributed by atoms with Gasteiger partial charge in [0, 0.05) is 24.3 Å². The minimum atomic E-state index is -0.379. The first-order chi connectivity index (χ1) is 18.6. The number of nitrogens with one attached hydrogen (secondary N) is 1. The van der Waals surface area contributed by atoms with Gasteiger partial charge in [0.15, 0.2) is 0 Å². The predicted molar refractivity (Wildman–Crippen MR) is 147 cm³/mol. The van der Waals surface area contributed by atoms with Gasteiger partial charge in [0.05, 0.1) is 19.1 Å². The van der Waals surface area contributed by atoms with Crippen molar-refractivity contribution in [1.82, 2.24) is 10.3 Å². The fourth-order valence-corrected chi connectivity index (χ4v) is 4.33. The number of carbonyl (C=O) groups is 2. The molecule has 0 aliphatic heterocycles. The van der Waals surface area contributed by atoms with Gasteiger partial charge in [0.1, 0.15) is 11.5 Å². The molecule has 0 saturated carbocycles. The molecule has 0 atom stereocenters. The standard InChI is InChI=1S/C32H26N2O4/c1-37-32(36)24-7-5-6-23(19-24)28-15-12-25(30-21-33-17-16-29(28)30)20-34-31(35)18-22-10-13-27(14-11-22)38-26-8-3-2-4-9-26/h2-17,19,21H,18,20H2,1H3,(H,34,35). The normalized spacial score (nSPS) is 10.7. The molecule has 0 unspecified atom stereocenters. The SMILES string of the molecule is COC(=O)c1cccc(-c2ccc(CNC(=O)Cc3ccc(Oc4ccccc4)cc3)c3cnccc23)c1. The zero-order chi connectivity index (χ0) is 26.3. The van der Waals surface area contributed by atoms with E-state index in [-0.39, 0.29) is 18.3 Å². The molecular weight excluding hydrogens is 476 g/mol. The second-order valence-corrected chi connectivity index (χ2v) is 8.78. The maximum Gasteiger partial charge on any atom is 0.337 e. The van der Waals surface area contributed by atoms with Crippen molar-refractivity contribution in [3.8, 4) is 22.6 Å². The molecule has 0 aliphatic rings. The average molecular weight is 503 g/mol. The highest BCUT2D eigenvalue weighted by molar-refractivity contribution is 5.99. The Morgan fingerprint density at radius 2 is 1.61 bits per heavy atom. The Hall–Kier alpha value is -4.97. The van der Waals surface area contributed by atoms with Crippen LogP contribution in [-0.4, -0.2) is 24.0 Å². The lowest BCUT2D eigenvalue weighted by Crippen LogP contribution is -2.24. The van der Waals surface area contributed by atoms with Gasteiger partial charge in [0.25, 0.3) is 0 Å². The van der Waals surface area contributed by atoms with E-state index in [1.165, 1.54) is 7.11 Å². The minimum Gasteiger partial charge on any atom is -0.465 e. The fourth-order valence-electron chi connectivity index (χ4n) is 4.33. The first-order valence-electron chi connectivity index (χ1n) is 12.2. The molecule has 0 fully saturated rings. The van der Waals surface area contributed by atoms with Crippen molar-refractivity contribution in [2.45, 2.75) is 13.0 Å². The highest BCUT2D eigenvalue weighted by atomic mass is 16.5. The van der Waals surface area contributed by atoms with Gasteiger partial charge in [-0.1, -0.05) is 54.6 Å². The van der Waals surface area contributed by atoms with E-state index in [4.69, 9.17) is 9.47 Å². The molecule has 0 saturated heterocycles. The summed E-state index contributed by atoms with van der Waals surface area (Å²) in [6.07, 6.45) is 3.81. The number of hydrogen-bond donors (Lipinski definition) is 1. The van der Waals surface area contributed by atoms with Crippen LogP contribution in [0.2, 0.25) is 0 Å². The predicted octanol–water partition coefficient (Wildman–Crippen LogP) is 6.34. The van der Waals surface area contributed by atoms with Crippen LogP contribution in [0.25, 0.3) is 21.9 Å². The van der Waals surface area contributed by atoms with Crippen LogP contribution in [-0.2, 0) is 22.5 Å². The van der Waals surface area contributed by atoms with E-state index in [0.717, 1.165) is 44.5 Å². The van der Waals surface area contributed by atoms with E-state index in [1.54, 1.807) is 18.5 Å². The number of benzene rings is 4. The molecule has 0 spiro atoms. The van der Waals surface area contributed by atoms with Crippen molar-refractivity contribution in [2.75, 3.05) is 7.11 Å². The van der Waals surface area contributed by atoms with Crippen molar-refractivity contribution >= 4 is 22.6 Å². The number of rotatable bonds is 8. The smallest absolute Gasteiger partial charge is 0.337 e. The quantitative estimate of drug-likeness (QED) is 0.251. The van der Waals surface area contributed by atoms with Crippen molar-refractivity contribution in [1.29, 1.82) is 0 Å². The monoisotopic (exact) mass is 502 g/mol. The lowest BCUT2D eigenvalue weighted by atomic mass is 9.95. The molecule has 0 radical (unpaired) electrons. The highest BCUT2D eigenvalue weighted by Crippen LogP contribution is 2.31. The van der Waals surface area contributed by atoms with Gasteiger partial charge in [-0.15, -0.1) is 0 Å². The van der Waals surface area contributed by atoms with E-state index in [0.29, 0.717) is 12.1 Å². The van der Waals surface area contributed by atoms with Crippen LogP contribution >= 0.6 is 0 Å². The summed E-state index contributed by atoms with van der Waals surface area (Å²) in [7, 11) is 1.37. The molecular formula is C32H26N2O4. The maximum atomic E-state index is 12.7. The fraction of sp³-hybridized carbons (Fsp3) is 0.0938. The number of aromatic nitrogens is 1. The van der Waals surface area contributed by atoms with E-state index < -0.39 is 0 Å². The number of para-hydroxylation sites is 1. The molecule has 4 aromatic carbocycles. The third kappa shape index (κ3) is 5.71. The Bertz CT molecular complexity index is 1580. The molecule has 5 aromatic rings. The molecule has 1 heterocycles. The summed E-state index contributed by atoms with van der Waals surface area (Å²) in [5, 5.41) is 4.96. The molecule has 1 N–H and O–H groups in total. The van der Waals surface area contributed by atoms with E-state index in [1.807, 2.05) is 91.0 Å². The second-order valence-electron chi connectivity index (χ2n) is 8.78. The summed E-state index contributed by atoms with van der Waals surface area (Å²) in [5.74, 6) is 1.03. The highest BCUT2D eigenvalue weighted by Gasteiger charge is 2.12. The average Bonchev–Trinajstić information content (AvgIpc) is 2.97. The summed E-state index contributed by atoms with van der Waals surface area (Å²) in [6, 6.07) is 30.4. The van der Waals surface area contributed by atoms with Gasteiger partial charge in [-0.3, -0.25) is 9.78 Å². The lowest BCUT2D eigenvalue weighted by molar-refractivity contribution is -0.120. The van der Waals surface area contributed by atoms with Crippen molar-refractivity contribution < 1.29 is 19.1 Å². The first-order valence-corrected chi connectivity index (χ1v) is 12.2. The van der Waals surface area contributed by atoms with Gasteiger partial charge < -0.3 is 14.8 Å². The number of esters is 1. The van der Waals surface area contributed by atoms with Gasteiger partial charge in [-0.05, 0) is 70.1 Å². The van der Waals surface area contributed by atoms with Crippen LogP contribution < -0.4 is 10.1 Å². The summed E-state index contributed by atoms with van der Waals surface area (Å²) in [4.78, 5) is 29.0. The van der Waals surface area contributed by atoms with Gasteiger partial charge in [-0.25, -0.2) is 4.79 Å². The van der Waals surface area contributed by atoms with Crippen molar-refractivity contribution in [3.63, 3.8) is 0 Å². The number of pyridine rings is 1. The molecule has 1 amide bonds. The molecule has 0 aliphatic carbocycles. The number of hydrogen-bond acceptors (Lipinski definition) is 5. The Balaban J connectivity index is 1.27. The number of nitrogens with zero attached hydrogens (tertiary/aromatic N) is 1. The van der Waals surface area contributed by atoms with Crippen LogP contribution in [0.1, 0.15) is 21.5 Å². The summed E-state index contributed by atoms with van der Waals surface area (Å²) < 4.78 is 10.7. The minimum absolute atomic E-state index is 0.0753. The van der Waals surface area contributed by atoms with Crippen LogP contribution in [0.5, 0.6) is 11.5 Å². The number of carbonyl (C=O) groups excluding carboxylic acids is 2. The van der Waals surface area contributed by atoms with E-state index in [9.17, 15) is 9.59 Å². The van der Waals surface area contributed by atoms with Crippen LogP contribution in [0, 0.1) is 0 Å². The summed E-state index contributed by atoms with van der Waals surface area (Å²) in [5.41, 5.74) is 4.22. The third-order valence-electron chi connectivity index (χ3n) is 6.25. The Labute approximate surface area is 220 Å². The Kier molecular flexibility index (Phi) is 7.41. The zero-order valence-electron chi connectivity index (χ0n) is 20.9. The van der Waals surface area contributed by atoms with Gasteiger partial charge in [-0.2, -0.15) is 0 Å². The molecule has 188 valence electrons. The third-order valence-corrected chi connectivity index (χ3v) is 6.25. The molecule has 5 rings (SSSR count). The van der Waals surface area contributed by atoms with E-state index in [2.05, 4.69) is 10.3 Å². The van der Waals surface area contributed by atoms with Crippen LogP contribution in [0.4, 0.5) is 0 Å². The number of methoxy groups -OCH3 is 1. The van der Waals surface area contributed by atoms with Crippen molar-refractivity contribution in [2.24, 2.45) is 0 Å². The Morgan fingerprint density at radius 3 is 2.39 bits per heavy atom. The Morgan fingerprint density at radius 1 is 0.816 bits per heavy atom. The van der Waals surface area contributed by atoms with Crippen LogP contribution in [0.15, 0.2) is 109 Å². The zero-order valence-corrected chi connectivity index (χ0v) is 20.9. The van der Waals surface area contributed by atoms with Gasteiger partial charge in [0.2, 0.25) is 5.91 Å². The lowest BCUT2D eigenvalue weighted by Gasteiger charge is -2.13. The van der Waals surface area contributed by atoms with E-state index >= 15 is 0 Å².